The third-order valence-corrected chi connectivity index (χ3v) is 5.10. The third-order valence-electron chi connectivity index (χ3n) is 5.10. The molecule has 1 aromatic heterocycles. The van der Waals surface area contributed by atoms with E-state index in [1.807, 2.05) is 36.4 Å². The number of nitrogens with zero attached hydrogens (tertiary/aromatic N) is 2. The summed E-state index contributed by atoms with van der Waals surface area (Å²) in [4.78, 5) is 17.4. The zero-order chi connectivity index (χ0) is 20.2. The maximum absolute atomic E-state index is 12.6. The van der Waals surface area contributed by atoms with Gasteiger partial charge in [0.05, 0.1) is 30.7 Å². The highest BCUT2D eigenvalue weighted by Gasteiger charge is 2.18. The highest BCUT2D eigenvalue weighted by atomic mass is 16.5. The molecule has 146 valence electrons. The summed E-state index contributed by atoms with van der Waals surface area (Å²) in [5, 5.41) is 3.00. The Morgan fingerprint density at radius 2 is 1.69 bits per heavy atom. The fourth-order valence-electron chi connectivity index (χ4n) is 3.54. The second-order valence-electron chi connectivity index (χ2n) is 6.88. The van der Waals surface area contributed by atoms with E-state index in [9.17, 15) is 4.79 Å². The molecule has 0 aliphatic rings. The number of carbonyl (C=O) groups is 1. The van der Waals surface area contributed by atoms with Gasteiger partial charge >= 0.3 is 0 Å². The minimum absolute atomic E-state index is 0.0940. The van der Waals surface area contributed by atoms with Crippen molar-refractivity contribution in [3.63, 3.8) is 0 Å². The molecule has 0 aliphatic carbocycles. The van der Waals surface area contributed by atoms with Crippen LogP contribution < -0.4 is 10.1 Å². The van der Waals surface area contributed by atoms with E-state index in [1.54, 1.807) is 31.4 Å². The molecule has 5 heteroatoms. The van der Waals surface area contributed by atoms with Gasteiger partial charge in [-0.2, -0.15) is 0 Å². The maximum Gasteiger partial charge on any atom is 0.251 e. The molecule has 0 aliphatic heterocycles. The quantitative estimate of drug-likeness (QED) is 0.528. The summed E-state index contributed by atoms with van der Waals surface area (Å²) in [5.74, 6) is 1.41. The molecule has 0 saturated carbocycles. The molecule has 5 nitrogen and oxygen atoms in total. The molecule has 29 heavy (non-hydrogen) atoms. The van der Waals surface area contributed by atoms with Gasteiger partial charge in [-0.25, -0.2) is 4.98 Å². The molecule has 1 heterocycles. The molecule has 0 fully saturated rings. The Labute approximate surface area is 170 Å². The Kier molecular flexibility index (Phi) is 5.29. The maximum atomic E-state index is 12.6. The van der Waals surface area contributed by atoms with Gasteiger partial charge in [-0.15, -0.1) is 0 Å². The van der Waals surface area contributed by atoms with Crippen LogP contribution in [-0.2, 0) is 6.54 Å². The van der Waals surface area contributed by atoms with Gasteiger partial charge in [0.1, 0.15) is 11.6 Å². The SMILES string of the molecule is COc1ccc(C(=O)NCc2nc3ccccc3n2C(C)c2ccccc2)cc1. The fourth-order valence-corrected chi connectivity index (χ4v) is 3.54. The second-order valence-corrected chi connectivity index (χ2v) is 6.88. The van der Waals surface area contributed by atoms with Crippen LogP contribution in [0.1, 0.15) is 34.7 Å². The summed E-state index contributed by atoms with van der Waals surface area (Å²) in [5.41, 5.74) is 3.75. The molecule has 1 amide bonds. The van der Waals surface area contributed by atoms with Crippen LogP contribution in [-0.4, -0.2) is 22.6 Å². The number of hydrogen-bond donors (Lipinski definition) is 1. The number of carbonyl (C=O) groups excluding carboxylic acids is 1. The van der Waals surface area contributed by atoms with Gasteiger partial charge in [0.15, 0.2) is 0 Å². The highest BCUT2D eigenvalue weighted by Crippen LogP contribution is 2.26. The topological polar surface area (TPSA) is 56.1 Å². The Balaban J connectivity index is 1.62. The summed E-state index contributed by atoms with van der Waals surface area (Å²) >= 11 is 0. The third kappa shape index (κ3) is 3.85. The van der Waals surface area contributed by atoms with Crippen molar-refractivity contribution in [1.29, 1.82) is 0 Å². The summed E-state index contributed by atoms with van der Waals surface area (Å²) in [6, 6.07) is 25.5. The molecule has 0 saturated heterocycles. The van der Waals surface area contributed by atoms with Crippen LogP contribution in [0.5, 0.6) is 5.75 Å². The van der Waals surface area contributed by atoms with Gasteiger partial charge < -0.3 is 14.6 Å². The Morgan fingerprint density at radius 1 is 1.00 bits per heavy atom. The number of methoxy groups -OCH3 is 1. The van der Waals surface area contributed by atoms with Crippen molar-refractivity contribution in [2.75, 3.05) is 7.11 Å². The molecule has 1 unspecified atom stereocenters. The molecule has 3 aromatic carbocycles. The molecule has 1 atom stereocenters. The van der Waals surface area contributed by atoms with E-state index in [0.29, 0.717) is 12.1 Å². The van der Waals surface area contributed by atoms with Gasteiger partial charge in [-0.3, -0.25) is 4.79 Å². The first-order valence-corrected chi connectivity index (χ1v) is 9.60. The minimum atomic E-state index is -0.140. The fraction of sp³-hybridized carbons (Fsp3) is 0.167. The number of aromatic nitrogens is 2. The largest absolute Gasteiger partial charge is 0.497 e. The lowest BCUT2D eigenvalue weighted by atomic mass is 10.1. The number of para-hydroxylation sites is 2. The summed E-state index contributed by atoms with van der Waals surface area (Å²) in [6.45, 7) is 2.50. The van der Waals surface area contributed by atoms with Crippen molar-refractivity contribution in [1.82, 2.24) is 14.9 Å². The van der Waals surface area contributed by atoms with E-state index in [0.717, 1.165) is 22.6 Å². The molecule has 0 bridgehead atoms. The van der Waals surface area contributed by atoms with Gasteiger partial charge in [-0.05, 0) is 48.9 Å². The van der Waals surface area contributed by atoms with Crippen LogP contribution in [0.2, 0.25) is 0 Å². The standard InChI is InChI=1S/C24H23N3O2/c1-17(18-8-4-3-5-9-18)27-22-11-7-6-10-21(22)26-23(27)16-25-24(28)19-12-14-20(29-2)15-13-19/h3-15,17H,16H2,1-2H3,(H,25,28). The normalized spacial score (nSPS) is 11.9. The van der Waals surface area contributed by atoms with Crippen molar-refractivity contribution in [2.45, 2.75) is 19.5 Å². The predicted octanol–water partition coefficient (Wildman–Crippen LogP) is 4.58. The monoisotopic (exact) mass is 385 g/mol. The first-order chi connectivity index (χ1) is 14.2. The van der Waals surface area contributed by atoms with E-state index in [2.05, 4.69) is 35.0 Å². The van der Waals surface area contributed by atoms with E-state index >= 15 is 0 Å². The molecule has 1 N–H and O–H groups in total. The molecule has 4 rings (SSSR count). The van der Waals surface area contributed by atoms with E-state index < -0.39 is 0 Å². The lowest BCUT2D eigenvalue weighted by molar-refractivity contribution is 0.0949. The van der Waals surface area contributed by atoms with E-state index in [1.165, 1.54) is 5.56 Å². The Bertz CT molecular complexity index is 1120. The van der Waals surface area contributed by atoms with Crippen molar-refractivity contribution < 1.29 is 9.53 Å². The van der Waals surface area contributed by atoms with Gasteiger partial charge in [-0.1, -0.05) is 42.5 Å². The smallest absolute Gasteiger partial charge is 0.251 e. The number of ether oxygens (including phenoxy) is 1. The number of imidazole rings is 1. The number of fused-ring (bicyclic) bond motifs is 1. The summed E-state index contributed by atoms with van der Waals surface area (Å²) < 4.78 is 7.34. The molecular weight excluding hydrogens is 362 g/mol. The first-order valence-electron chi connectivity index (χ1n) is 9.60. The highest BCUT2D eigenvalue weighted by molar-refractivity contribution is 5.94. The number of hydrogen-bond acceptors (Lipinski definition) is 3. The molecular formula is C24H23N3O2. The van der Waals surface area contributed by atoms with Crippen LogP contribution >= 0.6 is 0 Å². The zero-order valence-corrected chi connectivity index (χ0v) is 16.5. The second kappa shape index (κ2) is 8.19. The first kappa shape index (κ1) is 18.7. The lowest BCUT2D eigenvalue weighted by Crippen LogP contribution is -2.25. The van der Waals surface area contributed by atoms with Crippen LogP contribution in [0.3, 0.4) is 0 Å². The number of rotatable bonds is 6. The number of benzene rings is 3. The summed E-state index contributed by atoms with van der Waals surface area (Å²) in [6.07, 6.45) is 0. The van der Waals surface area contributed by atoms with Crippen LogP contribution in [0, 0.1) is 0 Å². The number of amides is 1. The van der Waals surface area contributed by atoms with Crippen molar-refractivity contribution in [3.8, 4) is 5.75 Å². The molecule has 4 aromatic rings. The predicted molar refractivity (Wildman–Crippen MR) is 114 cm³/mol. The average Bonchev–Trinajstić information content (AvgIpc) is 3.16. The average molecular weight is 385 g/mol. The Morgan fingerprint density at radius 3 is 2.41 bits per heavy atom. The molecule has 0 spiro atoms. The minimum Gasteiger partial charge on any atom is -0.497 e. The van der Waals surface area contributed by atoms with Crippen LogP contribution in [0.25, 0.3) is 11.0 Å². The molecule has 0 radical (unpaired) electrons. The van der Waals surface area contributed by atoms with Crippen molar-refractivity contribution >= 4 is 16.9 Å². The zero-order valence-electron chi connectivity index (χ0n) is 16.5. The van der Waals surface area contributed by atoms with Gasteiger partial charge in [0.2, 0.25) is 0 Å². The van der Waals surface area contributed by atoms with E-state index in [4.69, 9.17) is 9.72 Å². The van der Waals surface area contributed by atoms with Crippen LogP contribution in [0.15, 0.2) is 78.9 Å². The van der Waals surface area contributed by atoms with Crippen LogP contribution in [0.4, 0.5) is 0 Å². The van der Waals surface area contributed by atoms with Crippen molar-refractivity contribution in [3.05, 3.63) is 95.8 Å². The van der Waals surface area contributed by atoms with Gasteiger partial charge in [0.25, 0.3) is 5.91 Å². The van der Waals surface area contributed by atoms with Crippen molar-refractivity contribution in [2.24, 2.45) is 0 Å². The Hall–Kier alpha value is -3.60. The van der Waals surface area contributed by atoms with E-state index in [-0.39, 0.29) is 11.9 Å². The summed E-state index contributed by atoms with van der Waals surface area (Å²) in [7, 11) is 1.60. The number of nitrogens with one attached hydrogen (secondary N) is 1. The van der Waals surface area contributed by atoms with Gasteiger partial charge in [0, 0.05) is 5.56 Å². The lowest BCUT2D eigenvalue weighted by Gasteiger charge is -2.18.